The minimum absolute atomic E-state index is 0.0406. The number of ether oxygens (including phenoxy) is 1. The van der Waals surface area contributed by atoms with Crippen LogP contribution in [0.3, 0.4) is 0 Å². The number of rotatable bonds is 5. The zero-order valence-electron chi connectivity index (χ0n) is 8.13. The van der Waals surface area contributed by atoms with Gasteiger partial charge in [0.25, 0.3) is 5.91 Å². The quantitative estimate of drug-likeness (QED) is 0.360. The van der Waals surface area contributed by atoms with Crippen molar-refractivity contribution in [1.82, 2.24) is 5.32 Å². The van der Waals surface area contributed by atoms with Crippen molar-refractivity contribution in [3.63, 3.8) is 0 Å². The molecule has 14 heavy (non-hydrogen) atoms. The third-order valence-electron chi connectivity index (χ3n) is 1.97. The van der Waals surface area contributed by atoms with Crippen LogP contribution < -0.4 is 11.1 Å². The van der Waals surface area contributed by atoms with Crippen LogP contribution in [-0.2, 0) is 14.3 Å². The van der Waals surface area contributed by atoms with Gasteiger partial charge in [0.05, 0.1) is 5.70 Å². The molecule has 0 unspecified atom stereocenters. The molecule has 1 aliphatic rings. The van der Waals surface area contributed by atoms with Crippen LogP contribution in [0.2, 0.25) is 0 Å². The minimum Gasteiger partial charge on any atom is -0.455 e. The Morgan fingerprint density at radius 2 is 2.36 bits per heavy atom. The van der Waals surface area contributed by atoms with E-state index in [9.17, 15) is 9.59 Å². The van der Waals surface area contributed by atoms with Crippen LogP contribution in [-0.4, -0.2) is 25.0 Å². The Morgan fingerprint density at radius 3 is 2.93 bits per heavy atom. The van der Waals surface area contributed by atoms with Gasteiger partial charge in [-0.2, -0.15) is 0 Å². The average Bonchev–Trinajstić information content (AvgIpc) is 2.47. The lowest BCUT2D eigenvalue weighted by atomic mass is 10.2. The molecular weight excluding hydrogens is 184 g/mol. The number of nitrogens with two attached hydrogens (primary N) is 1. The number of cyclic esters (lactones) is 1. The topological polar surface area (TPSA) is 81.4 Å². The summed E-state index contributed by atoms with van der Waals surface area (Å²) < 4.78 is 4.69. The van der Waals surface area contributed by atoms with Gasteiger partial charge in [0.2, 0.25) is 0 Å². The highest BCUT2D eigenvalue weighted by molar-refractivity contribution is 6.17. The van der Waals surface area contributed by atoms with Crippen LogP contribution in [0, 0.1) is 0 Å². The Balaban J connectivity index is 2.63. The molecule has 0 radical (unpaired) electrons. The molecule has 0 aromatic heterocycles. The fourth-order valence-electron chi connectivity index (χ4n) is 1.21. The summed E-state index contributed by atoms with van der Waals surface area (Å²) in [6, 6.07) is 0. The summed E-state index contributed by atoms with van der Waals surface area (Å²) in [4.78, 5) is 21.9. The number of nitrogens with one attached hydrogen (secondary N) is 1. The van der Waals surface area contributed by atoms with Crippen LogP contribution in [0.25, 0.3) is 0 Å². The second-order valence-electron chi connectivity index (χ2n) is 3.07. The van der Waals surface area contributed by atoms with E-state index in [0.717, 1.165) is 19.4 Å². The highest BCUT2D eigenvalue weighted by Crippen LogP contribution is 2.12. The monoisotopic (exact) mass is 198 g/mol. The Hall–Kier alpha value is -1.52. The molecule has 1 amide bonds. The van der Waals surface area contributed by atoms with Crippen molar-refractivity contribution in [2.45, 2.75) is 19.8 Å². The first-order valence-electron chi connectivity index (χ1n) is 4.60. The first-order valence-corrected chi connectivity index (χ1v) is 4.60. The Kier molecular flexibility index (Phi) is 3.50. The van der Waals surface area contributed by atoms with E-state index in [4.69, 9.17) is 10.5 Å². The summed E-state index contributed by atoms with van der Waals surface area (Å²) >= 11 is 0. The van der Waals surface area contributed by atoms with E-state index < -0.39 is 11.9 Å². The first-order chi connectivity index (χ1) is 6.66. The molecule has 0 spiro atoms. The number of amides is 1. The van der Waals surface area contributed by atoms with E-state index >= 15 is 0 Å². The summed E-state index contributed by atoms with van der Waals surface area (Å²) in [5, 5.41) is 2.98. The lowest BCUT2D eigenvalue weighted by molar-refractivity contribution is -0.137. The fraction of sp³-hybridized carbons (Fsp3) is 0.556. The molecule has 1 rings (SSSR count). The molecule has 0 atom stereocenters. The maximum absolute atomic E-state index is 11.0. The second-order valence-corrected chi connectivity index (χ2v) is 3.07. The Morgan fingerprint density at radius 1 is 1.64 bits per heavy atom. The van der Waals surface area contributed by atoms with Crippen LogP contribution >= 0.6 is 0 Å². The maximum Gasteiger partial charge on any atom is 0.346 e. The zero-order chi connectivity index (χ0) is 10.6. The number of hydrogen-bond acceptors (Lipinski definition) is 4. The summed E-state index contributed by atoms with van der Waals surface area (Å²) in [5.74, 6) is -1.36. The van der Waals surface area contributed by atoms with Crippen molar-refractivity contribution in [3.8, 4) is 0 Å². The normalized spacial score (nSPS) is 15.6. The molecule has 1 aliphatic heterocycles. The molecule has 0 saturated heterocycles. The number of primary amides is 1. The van der Waals surface area contributed by atoms with E-state index in [1.807, 2.05) is 0 Å². The molecule has 1 heterocycles. The third-order valence-corrected chi connectivity index (χ3v) is 1.97. The number of carbonyl (C=O) groups is 2. The van der Waals surface area contributed by atoms with E-state index in [1.165, 1.54) is 0 Å². The summed E-state index contributed by atoms with van der Waals surface area (Å²) in [5.41, 5.74) is 5.51. The zero-order valence-corrected chi connectivity index (χ0v) is 8.13. The van der Waals surface area contributed by atoms with E-state index in [1.54, 1.807) is 0 Å². The van der Waals surface area contributed by atoms with E-state index in [-0.39, 0.29) is 12.2 Å². The smallest absolute Gasteiger partial charge is 0.346 e. The molecule has 0 fully saturated rings. The standard InChI is InChI=1S/C9H14N2O3/c1-2-3-4-11-6-5-14-9(13)7(6)8(10)12/h11H,2-5H2,1H3,(H2,10,12). The molecule has 5 nitrogen and oxygen atoms in total. The van der Waals surface area contributed by atoms with Crippen LogP contribution in [0.1, 0.15) is 19.8 Å². The van der Waals surface area contributed by atoms with Crippen LogP contribution in [0.4, 0.5) is 0 Å². The predicted molar refractivity (Wildman–Crippen MR) is 50.1 cm³/mol. The molecule has 0 bridgehead atoms. The Labute approximate surface area is 82.3 Å². The molecule has 0 aliphatic carbocycles. The summed E-state index contributed by atoms with van der Waals surface area (Å²) in [6.07, 6.45) is 2.02. The molecule has 0 saturated carbocycles. The number of carbonyl (C=O) groups excluding carboxylic acids is 2. The molecule has 5 heteroatoms. The van der Waals surface area contributed by atoms with E-state index in [2.05, 4.69) is 12.2 Å². The largest absolute Gasteiger partial charge is 0.455 e. The highest BCUT2D eigenvalue weighted by atomic mass is 16.5. The van der Waals surface area contributed by atoms with Crippen molar-refractivity contribution >= 4 is 11.9 Å². The Bertz CT molecular complexity index is 284. The van der Waals surface area contributed by atoms with Crippen LogP contribution in [0.5, 0.6) is 0 Å². The fourth-order valence-corrected chi connectivity index (χ4v) is 1.21. The van der Waals surface area contributed by atoms with Crippen molar-refractivity contribution in [1.29, 1.82) is 0 Å². The van der Waals surface area contributed by atoms with Gasteiger partial charge in [-0.05, 0) is 6.42 Å². The van der Waals surface area contributed by atoms with Gasteiger partial charge < -0.3 is 15.8 Å². The van der Waals surface area contributed by atoms with Gasteiger partial charge in [0.15, 0.2) is 0 Å². The van der Waals surface area contributed by atoms with Gasteiger partial charge in [-0.15, -0.1) is 0 Å². The summed E-state index contributed by atoms with van der Waals surface area (Å²) in [7, 11) is 0. The lowest BCUT2D eigenvalue weighted by Gasteiger charge is -2.04. The second kappa shape index (κ2) is 4.64. The third kappa shape index (κ3) is 2.25. The molecule has 3 N–H and O–H groups in total. The molecule has 0 aromatic rings. The SMILES string of the molecule is CCCCNC1=C(C(N)=O)C(=O)OC1. The minimum atomic E-state index is -0.730. The van der Waals surface area contributed by atoms with Gasteiger partial charge in [0, 0.05) is 6.54 Å². The average molecular weight is 198 g/mol. The number of hydrogen-bond donors (Lipinski definition) is 2. The molecular formula is C9H14N2O3. The maximum atomic E-state index is 11.0. The van der Waals surface area contributed by atoms with E-state index in [0.29, 0.717) is 5.70 Å². The highest BCUT2D eigenvalue weighted by Gasteiger charge is 2.28. The molecule has 0 aromatic carbocycles. The van der Waals surface area contributed by atoms with Crippen molar-refractivity contribution in [3.05, 3.63) is 11.3 Å². The van der Waals surface area contributed by atoms with Gasteiger partial charge >= 0.3 is 5.97 Å². The van der Waals surface area contributed by atoms with Gasteiger partial charge in [-0.1, -0.05) is 13.3 Å². The number of esters is 1. The molecule has 78 valence electrons. The predicted octanol–water partition coefficient (Wildman–Crippen LogP) is -0.328. The summed E-state index contributed by atoms with van der Waals surface area (Å²) in [6.45, 7) is 2.90. The van der Waals surface area contributed by atoms with Gasteiger partial charge in [-0.3, -0.25) is 4.79 Å². The van der Waals surface area contributed by atoms with Crippen molar-refractivity contribution in [2.24, 2.45) is 5.73 Å². The van der Waals surface area contributed by atoms with Crippen molar-refractivity contribution in [2.75, 3.05) is 13.2 Å². The van der Waals surface area contributed by atoms with Crippen LogP contribution in [0.15, 0.2) is 11.3 Å². The van der Waals surface area contributed by atoms with Gasteiger partial charge in [-0.25, -0.2) is 4.79 Å². The van der Waals surface area contributed by atoms with Crippen molar-refractivity contribution < 1.29 is 14.3 Å². The first kappa shape index (κ1) is 10.6. The number of unbranched alkanes of at least 4 members (excludes halogenated alkanes) is 1. The lowest BCUT2D eigenvalue weighted by Crippen LogP contribution is -2.24. The van der Waals surface area contributed by atoms with Gasteiger partial charge in [0.1, 0.15) is 12.2 Å².